The van der Waals surface area contributed by atoms with Gasteiger partial charge in [0.1, 0.15) is 0 Å². The Morgan fingerprint density at radius 1 is 1.24 bits per heavy atom. The first-order valence-electron chi connectivity index (χ1n) is 7.99. The molecule has 2 heterocycles. The number of fused-ring (bicyclic) bond motifs is 1. The molecule has 2 amide bonds. The summed E-state index contributed by atoms with van der Waals surface area (Å²) in [7, 11) is 1.83. The lowest BCUT2D eigenvalue weighted by Gasteiger charge is -2.30. The van der Waals surface area contributed by atoms with Gasteiger partial charge >= 0.3 is 5.97 Å². The maximum Gasteiger partial charge on any atom is 0.320 e. The van der Waals surface area contributed by atoms with E-state index in [4.69, 9.17) is 0 Å². The van der Waals surface area contributed by atoms with E-state index in [2.05, 4.69) is 5.10 Å². The molecule has 1 N–H and O–H groups in total. The number of nitrogens with zero attached hydrogens (tertiary/aromatic N) is 3. The molecule has 1 atom stereocenters. The van der Waals surface area contributed by atoms with E-state index < -0.39 is 23.7 Å². The fourth-order valence-electron chi connectivity index (χ4n) is 3.33. The Bertz CT molecular complexity index is 884. The molecular formula is C18H19N3O4. The second-order valence-electron chi connectivity index (χ2n) is 6.18. The number of benzene rings is 1. The fraction of sp³-hybridized carbons (Fsp3) is 0.333. The van der Waals surface area contributed by atoms with E-state index >= 15 is 0 Å². The Balaban J connectivity index is 1.93. The summed E-state index contributed by atoms with van der Waals surface area (Å²) in [6.45, 7) is 3.92. The molecule has 0 saturated heterocycles. The van der Waals surface area contributed by atoms with Crippen molar-refractivity contribution in [3.8, 4) is 0 Å². The van der Waals surface area contributed by atoms with Gasteiger partial charge in [0.25, 0.3) is 5.91 Å². The van der Waals surface area contributed by atoms with Gasteiger partial charge in [-0.25, -0.2) is 0 Å². The summed E-state index contributed by atoms with van der Waals surface area (Å²) < 4.78 is 1.75. The normalized spacial score (nSPS) is 16.9. The van der Waals surface area contributed by atoms with Crippen LogP contribution in [-0.4, -0.2) is 44.1 Å². The number of hydrogen-bond donors (Lipinski definition) is 1. The van der Waals surface area contributed by atoms with Crippen LogP contribution in [0, 0.1) is 13.8 Å². The maximum absolute atomic E-state index is 12.7. The highest BCUT2D eigenvalue weighted by Crippen LogP contribution is 2.30. The Kier molecular flexibility index (Phi) is 4.16. The number of carbonyl (C=O) groups is 3. The molecule has 0 radical (unpaired) electrons. The highest BCUT2D eigenvalue weighted by molar-refractivity contribution is 6.17. The SMILES string of the molecule is Cc1nn(C)c(C)c1CCN1C(=O)c2ccccc2C(C(=O)O)C1=O. The number of hydrogen-bond acceptors (Lipinski definition) is 4. The number of rotatable bonds is 4. The summed E-state index contributed by atoms with van der Waals surface area (Å²) in [5.74, 6) is -3.72. The molecule has 2 aromatic rings. The van der Waals surface area contributed by atoms with Crippen LogP contribution in [0.3, 0.4) is 0 Å². The van der Waals surface area contributed by atoms with Crippen LogP contribution in [0.15, 0.2) is 24.3 Å². The Morgan fingerprint density at radius 3 is 2.52 bits per heavy atom. The summed E-state index contributed by atoms with van der Waals surface area (Å²) in [4.78, 5) is 38.0. The van der Waals surface area contributed by atoms with Gasteiger partial charge in [0, 0.05) is 24.8 Å². The number of carbonyl (C=O) groups excluding carboxylic acids is 2. The predicted octanol–water partition coefficient (Wildman–Crippen LogP) is 1.43. The molecule has 0 bridgehead atoms. The second-order valence-corrected chi connectivity index (χ2v) is 6.18. The molecule has 25 heavy (non-hydrogen) atoms. The number of carboxylic acid groups (broad SMARTS) is 1. The van der Waals surface area contributed by atoms with Crippen LogP contribution in [0.4, 0.5) is 0 Å². The maximum atomic E-state index is 12.7. The van der Waals surface area contributed by atoms with E-state index in [0.717, 1.165) is 21.9 Å². The summed E-state index contributed by atoms with van der Waals surface area (Å²) in [6.07, 6.45) is 0.442. The molecule has 1 aromatic carbocycles. The molecule has 0 spiro atoms. The molecular weight excluding hydrogens is 322 g/mol. The van der Waals surface area contributed by atoms with Crippen LogP contribution in [-0.2, 0) is 23.1 Å². The van der Waals surface area contributed by atoms with Crippen molar-refractivity contribution in [3.05, 3.63) is 52.3 Å². The molecule has 1 aromatic heterocycles. The van der Waals surface area contributed by atoms with Gasteiger partial charge in [-0.15, -0.1) is 0 Å². The summed E-state index contributed by atoms with van der Waals surface area (Å²) >= 11 is 0. The van der Waals surface area contributed by atoms with Gasteiger partial charge in [0.05, 0.1) is 5.69 Å². The van der Waals surface area contributed by atoms with Crippen LogP contribution in [0.5, 0.6) is 0 Å². The van der Waals surface area contributed by atoms with Crippen molar-refractivity contribution in [1.82, 2.24) is 14.7 Å². The van der Waals surface area contributed by atoms with Crippen molar-refractivity contribution in [3.63, 3.8) is 0 Å². The van der Waals surface area contributed by atoms with E-state index in [1.54, 1.807) is 22.9 Å². The molecule has 0 saturated carbocycles. The molecule has 130 valence electrons. The minimum Gasteiger partial charge on any atom is -0.480 e. The lowest BCUT2D eigenvalue weighted by molar-refractivity contribution is -0.146. The standard InChI is InChI=1S/C18H19N3O4/c1-10-12(11(2)20(3)19-10)8-9-21-16(22)14-7-5-4-6-13(14)15(17(21)23)18(24)25/h4-7,15H,8-9H2,1-3H3,(H,24,25). The van der Waals surface area contributed by atoms with E-state index in [1.165, 1.54) is 6.07 Å². The third-order valence-electron chi connectivity index (χ3n) is 4.75. The summed E-state index contributed by atoms with van der Waals surface area (Å²) in [5.41, 5.74) is 3.30. The Hall–Kier alpha value is -2.96. The Labute approximate surface area is 144 Å². The highest BCUT2D eigenvalue weighted by atomic mass is 16.4. The van der Waals surface area contributed by atoms with Crippen LogP contribution >= 0.6 is 0 Å². The summed E-state index contributed by atoms with van der Waals surface area (Å²) in [5, 5.41) is 13.8. The largest absolute Gasteiger partial charge is 0.480 e. The third kappa shape index (κ3) is 2.71. The average Bonchev–Trinajstić information content (AvgIpc) is 2.80. The van der Waals surface area contributed by atoms with Crippen LogP contribution in [0.25, 0.3) is 0 Å². The lowest BCUT2D eigenvalue weighted by atomic mass is 9.88. The van der Waals surface area contributed by atoms with Crippen LogP contribution in [0.2, 0.25) is 0 Å². The fourth-order valence-corrected chi connectivity index (χ4v) is 3.33. The zero-order chi connectivity index (χ0) is 18.3. The van der Waals surface area contributed by atoms with E-state index in [9.17, 15) is 19.5 Å². The second kappa shape index (κ2) is 6.16. The van der Waals surface area contributed by atoms with Gasteiger partial charge in [-0.05, 0) is 37.5 Å². The van der Waals surface area contributed by atoms with Gasteiger partial charge < -0.3 is 5.11 Å². The van der Waals surface area contributed by atoms with Gasteiger partial charge in [0.15, 0.2) is 5.92 Å². The van der Waals surface area contributed by atoms with Crippen molar-refractivity contribution in [2.75, 3.05) is 6.54 Å². The summed E-state index contributed by atoms with van der Waals surface area (Å²) in [6, 6.07) is 6.39. The molecule has 7 nitrogen and oxygen atoms in total. The van der Waals surface area contributed by atoms with Crippen molar-refractivity contribution in [2.45, 2.75) is 26.2 Å². The van der Waals surface area contributed by atoms with Gasteiger partial charge in [0.2, 0.25) is 5.91 Å². The van der Waals surface area contributed by atoms with E-state index in [1.807, 2.05) is 20.9 Å². The number of carboxylic acids is 1. The van der Waals surface area contributed by atoms with Crippen LogP contribution < -0.4 is 0 Å². The first kappa shape index (κ1) is 16.9. The molecule has 1 aliphatic heterocycles. The molecule has 7 heteroatoms. The lowest BCUT2D eigenvalue weighted by Crippen LogP contribution is -2.47. The molecule has 3 rings (SSSR count). The predicted molar refractivity (Wildman–Crippen MR) is 89.2 cm³/mol. The highest BCUT2D eigenvalue weighted by Gasteiger charge is 2.42. The minimum absolute atomic E-state index is 0.128. The van der Waals surface area contributed by atoms with Crippen molar-refractivity contribution in [2.24, 2.45) is 7.05 Å². The number of imide groups is 1. The van der Waals surface area contributed by atoms with Crippen molar-refractivity contribution < 1.29 is 19.5 Å². The first-order chi connectivity index (χ1) is 11.8. The Morgan fingerprint density at radius 2 is 1.92 bits per heavy atom. The van der Waals surface area contributed by atoms with Gasteiger partial charge in [-0.2, -0.15) is 5.10 Å². The van der Waals surface area contributed by atoms with E-state index in [0.29, 0.717) is 6.42 Å². The van der Waals surface area contributed by atoms with Crippen LogP contribution in [0.1, 0.15) is 38.8 Å². The van der Waals surface area contributed by atoms with E-state index in [-0.39, 0.29) is 17.7 Å². The average molecular weight is 341 g/mol. The smallest absolute Gasteiger partial charge is 0.320 e. The van der Waals surface area contributed by atoms with Crippen molar-refractivity contribution >= 4 is 17.8 Å². The molecule has 1 aliphatic rings. The number of aryl methyl sites for hydroxylation is 2. The molecule has 0 aliphatic carbocycles. The first-order valence-corrected chi connectivity index (χ1v) is 7.99. The topological polar surface area (TPSA) is 92.5 Å². The monoisotopic (exact) mass is 341 g/mol. The zero-order valence-corrected chi connectivity index (χ0v) is 14.3. The molecule has 1 unspecified atom stereocenters. The van der Waals surface area contributed by atoms with Crippen molar-refractivity contribution in [1.29, 1.82) is 0 Å². The number of amides is 2. The third-order valence-corrected chi connectivity index (χ3v) is 4.75. The zero-order valence-electron chi connectivity index (χ0n) is 14.3. The number of aromatic nitrogens is 2. The quantitative estimate of drug-likeness (QED) is 0.671. The molecule has 0 fully saturated rings. The van der Waals surface area contributed by atoms with Gasteiger partial charge in [-0.1, -0.05) is 18.2 Å². The number of aliphatic carboxylic acids is 1. The minimum atomic E-state index is -1.34. The van der Waals surface area contributed by atoms with Gasteiger partial charge in [-0.3, -0.25) is 24.0 Å².